The number of ketones is 2. The number of aliphatic hydroxyl groups is 1. The Hall–Kier alpha value is -4.44. The highest BCUT2D eigenvalue weighted by Crippen LogP contribution is 2.65. The number of rotatable bonds is 3. The molecule has 4 aromatic rings. The topological polar surface area (TPSA) is 172 Å². The van der Waals surface area contributed by atoms with E-state index in [4.69, 9.17) is 16.2 Å². The van der Waals surface area contributed by atoms with Crippen molar-refractivity contribution in [2.75, 3.05) is 12.4 Å². The molecule has 8 N–H and O–H groups in total. The number of ether oxygens (including phenoxy) is 1. The average Bonchev–Trinajstić information content (AvgIpc) is 3.99. The number of aromatic hydroxyl groups is 2. The number of hydrogen-bond acceptors (Lipinski definition) is 10. The Morgan fingerprint density at radius 3 is 2.55 bits per heavy atom. The standard InChI is InChI=1S/C53H61N3O6S2/c1-51(17-2-3-18-51)28-37-13-19-53-31-52(37,29-49(53)61)20-14-38(57)10-7-33-9-12-46(59)48(24-33)62-22-16-34-8-11-45(58)43(23-34)42-27-47(60)39-15-21-56-44(39)6-4-5-35-25-41(50(54)55)36(26-40(35)42)30-63-64-32-53/h8-9,11-12,14-15,20-21,23-26,37,42,49-50,56,58-59,61H,2-3,6-7,10,13,16-19,22,27-32,54-55H2,1H3/b20-14-/t37-,42-,49+,52-,53-/m0/s1. The second-order valence-corrected chi connectivity index (χ2v) is 22.2. The number of allylic oxidation sites excluding steroid dienone is 2. The highest BCUT2D eigenvalue weighted by molar-refractivity contribution is 8.76. The lowest BCUT2D eigenvalue weighted by molar-refractivity contribution is -0.114. The third kappa shape index (κ3) is 9.19. The minimum Gasteiger partial charge on any atom is -0.508 e. The molecule has 0 radical (unpaired) electrons. The number of aryl methyl sites for hydroxylation is 1. The third-order valence-corrected chi connectivity index (χ3v) is 17.9. The minimum atomic E-state index is -0.770. The molecule has 1 aliphatic heterocycles. The van der Waals surface area contributed by atoms with E-state index < -0.39 is 18.2 Å². The maximum Gasteiger partial charge on any atom is 0.165 e. The smallest absolute Gasteiger partial charge is 0.165 e. The van der Waals surface area contributed by atoms with E-state index >= 15 is 0 Å². The van der Waals surface area contributed by atoms with Gasteiger partial charge in [-0.25, -0.2) is 0 Å². The van der Waals surface area contributed by atoms with Gasteiger partial charge in [0.05, 0.1) is 25.3 Å². The molecule has 9 nitrogen and oxygen atoms in total. The molecule has 11 heteroatoms. The summed E-state index contributed by atoms with van der Waals surface area (Å²) in [6.07, 6.45) is 16.0. The predicted molar refractivity (Wildman–Crippen MR) is 255 cm³/mol. The number of nitrogens with two attached hydrogens (primary N) is 2. The van der Waals surface area contributed by atoms with Crippen molar-refractivity contribution in [1.82, 2.24) is 4.98 Å². The summed E-state index contributed by atoms with van der Waals surface area (Å²) in [6.45, 7) is 2.69. The van der Waals surface area contributed by atoms with Gasteiger partial charge in [-0.1, -0.05) is 83.5 Å². The number of hydrogen-bond donors (Lipinski definition) is 6. The fourth-order valence-corrected chi connectivity index (χ4v) is 14.6. The minimum absolute atomic E-state index is 0.0194. The molecule has 0 spiro atoms. The number of carbonyl (C=O) groups excluding carboxylic acids is 2. The van der Waals surface area contributed by atoms with Crippen LogP contribution in [0.4, 0.5) is 0 Å². The van der Waals surface area contributed by atoms with E-state index in [0.29, 0.717) is 71.6 Å². The first-order valence-electron chi connectivity index (χ1n) is 23.1. The van der Waals surface area contributed by atoms with Gasteiger partial charge in [0.2, 0.25) is 0 Å². The van der Waals surface area contributed by atoms with Crippen LogP contribution in [0.2, 0.25) is 0 Å². The highest BCUT2D eigenvalue weighted by atomic mass is 33.1. The number of H-pyrrole nitrogens is 1. The van der Waals surface area contributed by atoms with Crippen molar-refractivity contribution >= 4 is 33.2 Å². The molecule has 2 heterocycles. The number of aliphatic hydroxyl groups excluding tert-OH is 1. The SMILES string of the molecule is CC1(C[C@@H]2CC[C@]34CSSCc5cc6c(cc5C(N)N)C#CCc5[nH]ccc5C(=O)C[C@@H]6c5cc(ccc5O)CCOc5cc(ccc5O)CCC(=O)/C=C\[C@]2(C[C@H]3O)C4)CCCC1. The van der Waals surface area contributed by atoms with Gasteiger partial charge in [0.15, 0.2) is 23.1 Å². The Morgan fingerprint density at radius 1 is 0.938 bits per heavy atom. The first kappa shape index (κ1) is 44.7. The van der Waals surface area contributed by atoms with E-state index in [1.807, 2.05) is 36.4 Å². The first-order valence-corrected chi connectivity index (χ1v) is 25.6. The molecule has 0 unspecified atom stereocenters. The van der Waals surface area contributed by atoms with Crippen molar-refractivity contribution in [3.05, 3.63) is 123 Å². The monoisotopic (exact) mass is 899 g/mol. The Labute approximate surface area is 385 Å². The Morgan fingerprint density at radius 2 is 1.73 bits per heavy atom. The number of phenolic OH excluding ortho intramolecular Hbond substituents is 2. The van der Waals surface area contributed by atoms with Gasteiger partial charge in [-0.05, 0) is 132 Å². The van der Waals surface area contributed by atoms with E-state index in [2.05, 4.69) is 35.9 Å². The summed E-state index contributed by atoms with van der Waals surface area (Å²) in [4.78, 5) is 31.1. The second kappa shape index (κ2) is 18.4. The maximum atomic E-state index is 14.2. The molecule has 5 aliphatic rings. The van der Waals surface area contributed by atoms with E-state index in [9.17, 15) is 24.9 Å². The van der Waals surface area contributed by atoms with Crippen LogP contribution in [0.25, 0.3) is 0 Å². The maximum absolute atomic E-state index is 14.2. The third-order valence-electron chi connectivity index (χ3n) is 15.4. The number of benzene rings is 3. The molecular weight excluding hydrogens is 839 g/mol. The van der Waals surface area contributed by atoms with Crippen molar-refractivity contribution in [1.29, 1.82) is 0 Å². The lowest BCUT2D eigenvalue weighted by Crippen LogP contribution is -2.39. The van der Waals surface area contributed by atoms with Gasteiger partial charge < -0.3 is 36.5 Å². The van der Waals surface area contributed by atoms with Crippen LogP contribution in [-0.2, 0) is 29.8 Å². The lowest BCUT2D eigenvalue weighted by atomic mass is 9.59. The molecule has 64 heavy (non-hydrogen) atoms. The lowest BCUT2D eigenvalue weighted by Gasteiger charge is -2.46. The first-order chi connectivity index (χ1) is 30.8. The molecule has 3 saturated carbocycles. The van der Waals surface area contributed by atoms with Crippen LogP contribution in [0.1, 0.15) is 145 Å². The zero-order valence-corrected chi connectivity index (χ0v) is 38.4. The molecule has 4 aliphatic carbocycles. The van der Waals surface area contributed by atoms with Crippen LogP contribution in [-0.4, -0.2) is 50.3 Å². The molecule has 336 valence electrons. The fraction of sp³-hybridized carbons (Fsp3) is 0.472. The molecule has 0 amide bonds. The molecule has 9 rings (SSSR count). The van der Waals surface area contributed by atoms with Crippen LogP contribution in [0.3, 0.4) is 0 Å². The molecule has 3 fully saturated rings. The number of aromatic nitrogens is 1. The van der Waals surface area contributed by atoms with Crippen LogP contribution >= 0.6 is 21.6 Å². The summed E-state index contributed by atoms with van der Waals surface area (Å²) >= 11 is 0. The second-order valence-electron chi connectivity index (χ2n) is 19.8. The molecule has 1 aromatic heterocycles. The quantitative estimate of drug-likeness (QED) is 0.0661. The van der Waals surface area contributed by atoms with Gasteiger partial charge in [-0.2, -0.15) is 0 Å². The number of carbonyl (C=O) groups is 2. The van der Waals surface area contributed by atoms with Crippen LogP contribution in [0.15, 0.2) is 72.9 Å². The number of fused-ring (bicyclic) bond motifs is 7. The Bertz CT molecular complexity index is 2510. The molecule has 5 atom stereocenters. The summed E-state index contributed by atoms with van der Waals surface area (Å²) in [7, 11) is 3.50. The zero-order valence-electron chi connectivity index (χ0n) is 36.8. The van der Waals surface area contributed by atoms with Crippen molar-refractivity contribution in [2.24, 2.45) is 33.6 Å². The van der Waals surface area contributed by atoms with Crippen LogP contribution < -0.4 is 16.2 Å². The normalized spacial score (nSPS) is 27.6. The van der Waals surface area contributed by atoms with Gasteiger partial charge in [-0.3, -0.25) is 9.59 Å². The highest BCUT2D eigenvalue weighted by Gasteiger charge is 2.59. The summed E-state index contributed by atoms with van der Waals surface area (Å²) in [5.41, 5.74) is 19.8. The molecule has 8 bridgehead atoms. The van der Waals surface area contributed by atoms with Crippen molar-refractivity contribution in [3.8, 4) is 29.1 Å². The number of aromatic amines is 1. The van der Waals surface area contributed by atoms with Crippen molar-refractivity contribution in [2.45, 2.75) is 121 Å². The zero-order chi connectivity index (χ0) is 44.6. The number of nitrogens with one attached hydrogen (secondary N) is 1. The molecule has 0 saturated heterocycles. The van der Waals surface area contributed by atoms with Gasteiger partial charge in [0.1, 0.15) is 5.75 Å². The van der Waals surface area contributed by atoms with Gasteiger partial charge in [-0.15, -0.1) is 0 Å². The van der Waals surface area contributed by atoms with Crippen LogP contribution in [0, 0.1) is 34.0 Å². The van der Waals surface area contributed by atoms with Gasteiger partial charge in [0.25, 0.3) is 0 Å². The van der Waals surface area contributed by atoms with E-state index in [0.717, 1.165) is 64.9 Å². The molecule has 3 aromatic carbocycles. The number of Topliss-reactive ketones (excluding diaryl/α,β-unsaturated/α-hetero) is 1. The van der Waals surface area contributed by atoms with E-state index in [-0.39, 0.29) is 46.9 Å². The number of phenols is 2. The largest absolute Gasteiger partial charge is 0.508 e. The van der Waals surface area contributed by atoms with Crippen molar-refractivity contribution < 1.29 is 29.6 Å². The van der Waals surface area contributed by atoms with Crippen LogP contribution in [0.5, 0.6) is 17.2 Å². The predicted octanol–water partition coefficient (Wildman–Crippen LogP) is 9.74. The average molecular weight is 900 g/mol. The Kier molecular flexibility index (Phi) is 12.9. The summed E-state index contributed by atoms with van der Waals surface area (Å²) < 4.78 is 6.17. The summed E-state index contributed by atoms with van der Waals surface area (Å²) in [5.74, 6) is 8.34. The summed E-state index contributed by atoms with van der Waals surface area (Å²) in [5, 5.41) is 34.5. The Balaban J connectivity index is 1.09. The molecular formula is C53H61N3O6S2. The van der Waals surface area contributed by atoms with E-state index in [1.165, 1.54) is 25.7 Å². The fourth-order valence-electron chi connectivity index (χ4n) is 11.8. The van der Waals surface area contributed by atoms with E-state index in [1.54, 1.807) is 46.0 Å². The van der Waals surface area contributed by atoms with Crippen molar-refractivity contribution in [3.63, 3.8) is 0 Å². The van der Waals surface area contributed by atoms with Gasteiger partial charge >= 0.3 is 0 Å². The summed E-state index contributed by atoms with van der Waals surface area (Å²) in [6, 6.07) is 16.6. The van der Waals surface area contributed by atoms with Gasteiger partial charge in [0, 0.05) is 70.7 Å².